The van der Waals surface area contributed by atoms with Gasteiger partial charge < -0.3 is 9.47 Å². The minimum Gasteiger partial charge on any atom is -0.310 e. The molecule has 0 bridgehead atoms. The first-order valence-electron chi connectivity index (χ1n) is 19.8. The van der Waals surface area contributed by atoms with Gasteiger partial charge in [-0.05, 0) is 139 Å². The molecule has 0 amide bonds. The fourth-order valence-corrected chi connectivity index (χ4v) is 9.12. The third kappa shape index (κ3) is 5.99. The van der Waals surface area contributed by atoms with Gasteiger partial charge in [0.15, 0.2) is 0 Å². The van der Waals surface area contributed by atoms with Crippen molar-refractivity contribution < 1.29 is 0 Å². The van der Waals surface area contributed by atoms with E-state index in [0.717, 1.165) is 37.1 Å². The van der Waals surface area contributed by atoms with Crippen molar-refractivity contribution in [3.8, 4) is 16.8 Å². The second-order valence-corrected chi connectivity index (χ2v) is 15.2. The number of hydrogen-bond acceptors (Lipinski definition) is 1. The Labute approximate surface area is 324 Å². The van der Waals surface area contributed by atoms with Crippen LogP contribution in [0.3, 0.4) is 0 Å². The maximum Gasteiger partial charge on any atom is 0.0541 e. The lowest BCUT2D eigenvalue weighted by Crippen LogP contribution is -2.18. The van der Waals surface area contributed by atoms with Gasteiger partial charge >= 0.3 is 0 Å². The van der Waals surface area contributed by atoms with Crippen LogP contribution in [0.4, 0.5) is 17.1 Å². The molecule has 0 saturated heterocycles. The summed E-state index contributed by atoms with van der Waals surface area (Å²) >= 11 is 0. The number of anilines is 3. The minimum atomic E-state index is 0.585. The van der Waals surface area contributed by atoms with Crippen molar-refractivity contribution in [2.75, 3.05) is 4.90 Å². The van der Waals surface area contributed by atoms with Gasteiger partial charge in [-0.2, -0.15) is 0 Å². The van der Waals surface area contributed by atoms with E-state index in [1.807, 2.05) is 0 Å². The number of nitrogens with zero attached hydrogens (tertiary/aromatic N) is 2. The molecule has 1 heterocycles. The molecule has 10 rings (SSSR count). The monoisotopic (exact) mass is 708 g/mol. The number of aromatic nitrogens is 1. The fourth-order valence-electron chi connectivity index (χ4n) is 9.12. The van der Waals surface area contributed by atoms with Gasteiger partial charge in [-0.15, -0.1) is 0 Å². The predicted molar refractivity (Wildman–Crippen MR) is 234 cm³/mol. The van der Waals surface area contributed by atoms with Crippen LogP contribution >= 0.6 is 0 Å². The highest BCUT2D eigenvalue weighted by Crippen LogP contribution is 2.49. The number of rotatable bonds is 7. The summed E-state index contributed by atoms with van der Waals surface area (Å²) in [5.41, 5.74) is 17.9. The standard InChI is InChI=1S/C53H44N2/c1-37-24-30-43(31-25-37)54(50-22-12-10-20-46(50)48-34-28-39-14-8-9-19-45(39)53(48)40-15-4-2-5-16-40)44-32-26-38(27-33-44)41-29-35-52-49(36-41)47-21-11-13-23-51(47)55(52)42-17-6-3-7-18-42/h3-4,6-13,15-27,29-33,35-36,39H,2,5,14,28,34H2,1H3. The van der Waals surface area contributed by atoms with Crippen molar-refractivity contribution in [3.05, 3.63) is 210 Å². The highest BCUT2D eigenvalue weighted by atomic mass is 15.1. The maximum atomic E-state index is 2.46. The van der Waals surface area contributed by atoms with Gasteiger partial charge in [0, 0.05) is 33.4 Å². The fraction of sp³-hybridized carbons (Fsp3) is 0.132. The Morgan fingerprint density at radius 1 is 0.636 bits per heavy atom. The number of aryl methyl sites for hydroxylation is 1. The van der Waals surface area contributed by atoms with Gasteiger partial charge in [-0.1, -0.05) is 127 Å². The summed E-state index contributed by atoms with van der Waals surface area (Å²) in [6, 6.07) is 53.6. The van der Waals surface area contributed by atoms with Gasteiger partial charge in [0.05, 0.1) is 16.7 Å². The molecule has 3 aliphatic rings. The zero-order chi connectivity index (χ0) is 36.7. The van der Waals surface area contributed by atoms with E-state index in [1.165, 1.54) is 84.1 Å². The van der Waals surface area contributed by atoms with E-state index in [-0.39, 0.29) is 0 Å². The second-order valence-electron chi connectivity index (χ2n) is 15.2. The number of benzene rings is 6. The molecule has 266 valence electrons. The van der Waals surface area contributed by atoms with E-state index < -0.39 is 0 Å². The van der Waals surface area contributed by atoms with Crippen LogP contribution in [0.15, 0.2) is 199 Å². The van der Waals surface area contributed by atoms with Crippen LogP contribution in [0.1, 0.15) is 43.2 Å². The molecular formula is C53H44N2. The zero-order valence-electron chi connectivity index (χ0n) is 31.3. The largest absolute Gasteiger partial charge is 0.310 e. The lowest BCUT2D eigenvalue weighted by atomic mass is 9.71. The molecule has 2 heteroatoms. The molecule has 0 aliphatic heterocycles. The molecule has 0 spiro atoms. The van der Waals surface area contributed by atoms with Crippen molar-refractivity contribution in [2.45, 2.75) is 39.0 Å². The van der Waals surface area contributed by atoms with Crippen molar-refractivity contribution in [1.82, 2.24) is 4.57 Å². The van der Waals surface area contributed by atoms with Crippen LogP contribution in [-0.2, 0) is 0 Å². The molecule has 1 atom stereocenters. The Bertz CT molecular complexity index is 2710. The summed E-state index contributed by atoms with van der Waals surface area (Å²) in [5.74, 6) is 0.585. The molecule has 6 aromatic carbocycles. The van der Waals surface area contributed by atoms with Gasteiger partial charge in [0.25, 0.3) is 0 Å². The van der Waals surface area contributed by atoms with E-state index in [1.54, 1.807) is 0 Å². The Morgan fingerprint density at radius 3 is 2.18 bits per heavy atom. The van der Waals surface area contributed by atoms with Gasteiger partial charge in [0.1, 0.15) is 0 Å². The highest BCUT2D eigenvalue weighted by molar-refractivity contribution is 6.10. The van der Waals surface area contributed by atoms with Crippen molar-refractivity contribution >= 4 is 44.4 Å². The summed E-state index contributed by atoms with van der Waals surface area (Å²) in [5, 5.41) is 2.53. The minimum absolute atomic E-state index is 0.585. The Morgan fingerprint density at radius 2 is 1.36 bits per heavy atom. The summed E-state index contributed by atoms with van der Waals surface area (Å²) in [6.45, 7) is 2.16. The smallest absolute Gasteiger partial charge is 0.0541 e. The van der Waals surface area contributed by atoms with E-state index in [9.17, 15) is 0 Å². The van der Waals surface area contributed by atoms with Gasteiger partial charge in [-0.3, -0.25) is 0 Å². The summed E-state index contributed by atoms with van der Waals surface area (Å²) in [6.07, 6.45) is 19.8. The number of para-hydroxylation sites is 3. The Hall–Kier alpha value is -6.38. The third-order valence-corrected chi connectivity index (χ3v) is 11.8. The van der Waals surface area contributed by atoms with Crippen LogP contribution in [0.2, 0.25) is 0 Å². The first-order valence-corrected chi connectivity index (χ1v) is 19.8. The summed E-state index contributed by atoms with van der Waals surface area (Å²) in [7, 11) is 0. The normalized spacial score (nSPS) is 16.6. The van der Waals surface area contributed by atoms with Gasteiger partial charge in [0.2, 0.25) is 0 Å². The predicted octanol–water partition coefficient (Wildman–Crippen LogP) is 14.6. The average molecular weight is 709 g/mol. The molecule has 0 saturated carbocycles. The molecule has 1 aromatic heterocycles. The third-order valence-electron chi connectivity index (χ3n) is 11.8. The van der Waals surface area contributed by atoms with Crippen LogP contribution in [-0.4, -0.2) is 4.57 Å². The first-order chi connectivity index (χ1) is 27.2. The van der Waals surface area contributed by atoms with Crippen LogP contribution < -0.4 is 4.90 Å². The maximum absolute atomic E-state index is 2.46. The topological polar surface area (TPSA) is 8.17 Å². The highest BCUT2D eigenvalue weighted by Gasteiger charge is 2.30. The second kappa shape index (κ2) is 14.1. The van der Waals surface area contributed by atoms with Crippen LogP contribution in [0.25, 0.3) is 44.2 Å². The molecule has 7 aromatic rings. The Balaban J connectivity index is 1.09. The molecule has 0 N–H and O–H groups in total. The van der Waals surface area contributed by atoms with E-state index in [2.05, 4.69) is 198 Å². The SMILES string of the molecule is Cc1ccc(N(c2ccc(-c3ccc4c(c3)c3ccccc3n4-c3ccccc3)cc2)c2ccccc2C2=C(C3=CCCC=C3)C3=CC=CCC3CC2)cc1. The number of allylic oxidation sites excluding steroid dienone is 10. The molecular weight excluding hydrogens is 665 g/mol. The molecule has 0 radical (unpaired) electrons. The summed E-state index contributed by atoms with van der Waals surface area (Å²) in [4.78, 5) is 2.46. The molecule has 3 aliphatic carbocycles. The van der Waals surface area contributed by atoms with Crippen molar-refractivity contribution in [1.29, 1.82) is 0 Å². The quantitative estimate of drug-likeness (QED) is 0.160. The van der Waals surface area contributed by atoms with E-state index in [4.69, 9.17) is 0 Å². The van der Waals surface area contributed by atoms with Crippen LogP contribution in [0, 0.1) is 12.8 Å². The first kappa shape index (κ1) is 33.2. The van der Waals surface area contributed by atoms with E-state index in [0.29, 0.717) is 5.92 Å². The zero-order valence-corrected chi connectivity index (χ0v) is 31.3. The number of hydrogen-bond donors (Lipinski definition) is 0. The van der Waals surface area contributed by atoms with Crippen LogP contribution in [0.5, 0.6) is 0 Å². The van der Waals surface area contributed by atoms with Crippen molar-refractivity contribution in [3.63, 3.8) is 0 Å². The molecule has 55 heavy (non-hydrogen) atoms. The van der Waals surface area contributed by atoms with E-state index >= 15 is 0 Å². The average Bonchev–Trinajstić information content (AvgIpc) is 3.59. The lowest BCUT2D eigenvalue weighted by Gasteiger charge is -2.35. The lowest BCUT2D eigenvalue weighted by molar-refractivity contribution is 0.564. The molecule has 1 unspecified atom stereocenters. The molecule has 2 nitrogen and oxygen atoms in total. The number of fused-ring (bicyclic) bond motifs is 4. The van der Waals surface area contributed by atoms with Crippen molar-refractivity contribution in [2.24, 2.45) is 5.92 Å². The van der Waals surface area contributed by atoms with Gasteiger partial charge in [-0.25, -0.2) is 0 Å². The summed E-state index contributed by atoms with van der Waals surface area (Å²) < 4.78 is 2.38. The Kier molecular flexibility index (Phi) is 8.52. The molecule has 0 fully saturated rings.